The average molecular weight is 302 g/mol. The Morgan fingerprint density at radius 3 is 2.80 bits per heavy atom. The summed E-state index contributed by atoms with van der Waals surface area (Å²) in [6.45, 7) is 0. The van der Waals surface area contributed by atoms with Gasteiger partial charge >= 0.3 is 5.69 Å². The number of halogens is 2. The number of carbonyl (C=O) groups is 1. The Hall–Kier alpha value is -1.70. The molecule has 1 aliphatic rings. The quantitative estimate of drug-likeness (QED) is 0.688. The largest absolute Gasteiger partial charge is 0.348 e. The molecule has 1 aromatic carbocycles. The number of thioether (sulfide) groups is 1. The first kappa shape index (κ1) is 14.7. The van der Waals surface area contributed by atoms with Crippen LogP contribution in [-0.2, 0) is 0 Å². The Morgan fingerprint density at radius 2 is 2.20 bits per heavy atom. The van der Waals surface area contributed by atoms with Gasteiger partial charge in [0.05, 0.1) is 16.6 Å². The first-order valence-corrected chi connectivity index (χ1v) is 7.16. The summed E-state index contributed by atoms with van der Waals surface area (Å²) in [6.07, 6.45) is 1.69. The molecular formula is C12H12F2N2O3S. The van der Waals surface area contributed by atoms with Crippen LogP contribution in [0.4, 0.5) is 14.5 Å². The van der Waals surface area contributed by atoms with Gasteiger partial charge in [0.1, 0.15) is 5.82 Å². The summed E-state index contributed by atoms with van der Waals surface area (Å²) in [7, 11) is 0. The van der Waals surface area contributed by atoms with Crippen LogP contribution in [0.1, 0.15) is 23.2 Å². The maximum Gasteiger partial charge on any atom is 0.308 e. The van der Waals surface area contributed by atoms with Crippen LogP contribution >= 0.6 is 11.8 Å². The number of hydrogen-bond acceptors (Lipinski definition) is 4. The SMILES string of the molecule is O=C(NC1CCCSC1)c1cc(F)cc([N+](=O)[O-])c1F. The van der Waals surface area contributed by atoms with Crippen LogP contribution in [0.3, 0.4) is 0 Å². The number of nitro groups is 1. The molecule has 0 aliphatic carbocycles. The lowest BCUT2D eigenvalue weighted by Gasteiger charge is -2.22. The highest BCUT2D eigenvalue weighted by atomic mass is 32.2. The average Bonchev–Trinajstić information content (AvgIpc) is 2.41. The Labute approximate surface area is 117 Å². The van der Waals surface area contributed by atoms with E-state index in [2.05, 4.69) is 5.32 Å². The zero-order valence-electron chi connectivity index (χ0n) is 10.4. The standard InChI is InChI=1S/C12H12F2N2O3S/c13-7-4-9(11(14)10(5-7)16(18)19)12(17)15-8-2-1-3-20-6-8/h4-5,8H,1-3,6H2,(H,15,17). The van der Waals surface area contributed by atoms with E-state index in [0.717, 1.165) is 18.6 Å². The molecule has 1 N–H and O–H groups in total. The molecule has 1 amide bonds. The summed E-state index contributed by atoms with van der Waals surface area (Å²) < 4.78 is 27.1. The highest BCUT2D eigenvalue weighted by Gasteiger charge is 2.26. The van der Waals surface area contributed by atoms with Gasteiger partial charge in [0.25, 0.3) is 5.91 Å². The fraction of sp³-hybridized carbons (Fsp3) is 0.417. The molecule has 0 spiro atoms. The van der Waals surface area contributed by atoms with Gasteiger partial charge in [-0.1, -0.05) is 0 Å². The fourth-order valence-corrected chi connectivity index (χ4v) is 3.06. The molecule has 108 valence electrons. The molecule has 1 aliphatic heterocycles. The van der Waals surface area contributed by atoms with Gasteiger partial charge in [-0.15, -0.1) is 0 Å². The first-order valence-electron chi connectivity index (χ1n) is 6.01. The minimum Gasteiger partial charge on any atom is -0.348 e. The smallest absolute Gasteiger partial charge is 0.308 e. The highest BCUT2D eigenvalue weighted by molar-refractivity contribution is 7.99. The molecule has 1 fully saturated rings. The number of hydrogen-bond donors (Lipinski definition) is 1. The Morgan fingerprint density at radius 1 is 1.45 bits per heavy atom. The molecule has 1 atom stereocenters. The maximum absolute atomic E-state index is 13.8. The number of nitro benzene ring substituents is 1. The summed E-state index contributed by atoms with van der Waals surface area (Å²) in [6, 6.07) is 1.01. The van der Waals surface area contributed by atoms with E-state index in [0.29, 0.717) is 17.9 Å². The van der Waals surface area contributed by atoms with Crippen molar-refractivity contribution in [2.45, 2.75) is 18.9 Å². The van der Waals surface area contributed by atoms with Gasteiger partial charge in [-0.2, -0.15) is 16.2 Å². The second-order valence-electron chi connectivity index (χ2n) is 4.43. The van der Waals surface area contributed by atoms with Crippen LogP contribution in [0.2, 0.25) is 0 Å². The van der Waals surface area contributed by atoms with E-state index < -0.39 is 33.7 Å². The molecule has 2 rings (SSSR count). The zero-order chi connectivity index (χ0) is 14.7. The van der Waals surface area contributed by atoms with Gasteiger partial charge in [-0.3, -0.25) is 14.9 Å². The highest BCUT2D eigenvalue weighted by Crippen LogP contribution is 2.23. The van der Waals surface area contributed by atoms with Crippen molar-refractivity contribution < 1.29 is 18.5 Å². The maximum atomic E-state index is 13.8. The van der Waals surface area contributed by atoms with E-state index >= 15 is 0 Å². The summed E-state index contributed by atoms with van der Waals surface area (Å²) in [5, 5.41) is 13.2. The third-order valence-corrected chi connectivity index (χ3v) is 4.17. The van der Waals surface area contributed by atoms with Crippen molar-refractivity contribution in [3.05, 3.63) is 39.4 Å². The van der Waals surface area contributed by atoms with E-state index in [-0.39, 0.29) is 6.04 Å². The van der Waals surface area contributed by atoms with Gasteiger partial charge in [0, 0.05) is 11.8 Å². The lowest BCUT2D eigenvalue weighted by molar-refractivity contribution is -0.387. The number of nitrogens with zero attached hydrogens (tertiary/aromatic N) is 1. The molecule has 1 saturated heterocycles. The lowest BCUT2D eigenvalue weighted by atomic mass is 10.1. The molecule has 0 bridgehead atoms. The van der Waals surface area contributed by atoms with E-state index in [1.165, 1.54) is 0 Å². The number of rotatable bonds is 3. The van der Waals surface area contributed by atoms with Crippen LogP contribution in [0.5, 0.6) is 0 Å². The first-order chi connectivity index (χ1) is 9.49. The molecule has 0 saturated carbocycles. The molecule has 5 nitrogen and oxygen atoms in total. The second kappa shape index (κ2) is 6.17. The van der Waals surface area contributed by atoms with Crippen molar-refractivity contribution in [2.75, 3.05) is 11.5 Å². The van der Waals surface area contributed by atoms with E-state index in [4.69, 9.17) is 0 Å². The van der Waals surface area contributed by atoms with Gasteiger partial charge in [-0.25, -0.2) is 4.39 Å². The Balaban J connectivity index is 2.22. The van der Waals surface area contributed by atoms with Gasteiger partial charge in [0.15, 0.2) is 0 Å². The second-order valence-corrected chi connectivity index (χ2v) is 5.58. The number of benzene rings is 1. The zero-order valence-corrected chi connectivity index (χ0v) is 11.2. The van der Waals surface area contributed by atoms with Crippen molar-refractivity contribution in [3.63, 3.8) is 0 Å². The topological polar surface area (TPSA) is 72.2 Å². The third-order valence-electron chi connectivity index (χ3n) is 2.96. The van der Waals surface area contributed by atoms with Crippen molar-refractivity contribution in [1.82, 2.24) is 5.32 Å². The number of carbonyl (C=O) groups excluding carboxylic acids is 1. The van der Waals surface area contributed by atoms with Crippen LogP contribution in [0.15, 0.2) is 12.1 Å². The minimum absolute atomic E-state index is 0.122. The molecule has 0 aromatic heterocycles. The Kier molecular flexibility index (Phi) is 4.53. The number of amides is 1. The monoisotopic (exact) mass is 302 g/mol. The molecule has 8 heteroatoms. The molecule has 1 aromatic rings. The summed E-state index contributed by atoms with van der Waals surface area (Å²) in [5.41, 5.74) is -1.67. The molecule has 20 heavy (non-hydrogen) atoms. The normalized spacial score (nSPS) is 18.6. The van der Waals surface area contributed by atoms with Gasteiger partial charge in [-0.05, 0) is 24.7 Å². The van der Waals surface area contributed by atoms with Crippen molar-refractivity contribution in [2.24, 2.45) is 0 Å². The van der Waals surface area contributed by atoms with E-state index in [9.17, 15) is 23.7 Å². The summed E-state index contributed by atoms with van der Waals surface area (Å²) in [4.78, 5) is 21.5. The molecular weight excluding hydrogens is 290 g/mol. The molecule has 1 heterocycles. The molecule has 0 radical (unpaired) electrons. The minimum atomic E-state index is -1.31. The summed E-state index contributed by atoms with van der Waals surface area (Å²) >= 11 is 1.66. The van der Waals surface area contributed by atoms with Crippen LogP contribution < -0.4 is 5.32 Å². The third kappa shape index (κ3) is 3.24. The van der Waals surface area contributed by atoms with Crippen LogP contribution in [0.25, 0.3) is 0 Å². The lowest BCUT2D eigenvalue weighted by Crippen LogP contribution is -2.38. The predicted octanol–water partition coefficient (Wildman–Crippen LogP) is 2.50. The molecule has 1 unspecified atom stereocenters. The van der Waals surface area contributed by atoms with Gasteiger partial charge < -0.3 is 5.32 Å². The van der Waals surface area contributed by atoms with Crippen molar-refractivity contribution in [1.29, 1.82) is 0 Å². The fourth-order valence-electron chi connectivity index (χ4n) is 1.99. The van der Waals surface area contributed by atoms with Crippen LogP contribution in [0, 0.1) is 21.7 Å². The summed E-state index contributed by atoms with van der Waals surface area (Å²) in [5.74, 6) is -1.44. The number of nitrogens with one attached hydrogen (secondary N) is 1. The Bertz CT molecular complexity index is 548. The van der Waals surface area contributed by atoms with Crippen molar-refractivity contribution in [3.8, 4) is 0 Å². The predicted molar refractivity (Wildman–Crippen MR) is 70.8 cm³/mol. The van der Waals surface area contributed by atoms with Gasteiger partial charge in [0.2, 0.25) is 5.82 Å². The van der Waals surface area contributed by atoms with E-state index in [1.54, 1.807) is 11.8 Å². The van der Waals surface area contributed by atoms with Crippen LogP contribution in [-0.4, -0.2) is 28.4 Å². The van der Waals surface area contributed by atoms with E-state index in [1.807, 2.05) is 0 Å². The van der Waals surface area contributed by atoms with Crippen molar-refractivity contribution >= 4 is 23.4 Å².